The highest BCUT2D eigenvalue weighted by Crippen LogP contribution is 2.21. The lowest BCUT2D eigenvalue weighted by Gasteiger charge is -2.00. The van der Waals surface area contributed by atoms with Crippen molar-refractivity contribution in [3.63, 3.8) is 0 Å². The minimum absolute atomic E-state index is 0.111. The van der Waals surface area contributed by atoms with Crippen molar-refractivity contribution in [3.05, 3.63) is 21.9 Å². The Morgan fingerprint density at radius 1 is 0.783 bits per heavy atom. The van der Waals surface area contributed by atoms with Crippen molar-refractivity contribution in [1.82, 2.24) is 0 Å². The van der Waals surface area contributed by atoms with Crippen LogP contribution in [0.5, 0.6) is 0 Å². The maximum atomic E-state index is 11.0. The Morgan fingerprint density at radius 2 is 1.22 bits per heavy atom. The van der Waals surface area contributed by atoms with Crippen LogP contribution in [0.4, 0.5) is 0 Å². The van der Waals surface area contributed by atoms with Crippen molar-refractivity contribution in [2.75, 3.05) is 14.2 Å². The van der Waals surface area contributed by atoms with E-state index in [9.17, 15) is 9.59 Å². The van der Waals surface area contributed by atoms with E-state index < -0.39 is 0 Å². The number of ether oxygens (including phenoxy) is 2. The number of carbonyl (C=O) groups is 2. The molecular formula is C18H28O4S. The Kier molecular flexibility index (Phi) is 10.4. The van der Waals surface area contributed by atoms with Crippen molar-refractivity contribution in [2.45, 2.75) is 64.2 Å². The summed E-state index contributed by atoms with van der Waals surface area (Å²) in [6.45, 7) is 0. The van der Waals surface area contributed by atoms with Gasteiger partial charge in [0.25, 0.3) is 0 Å². The molecule has 0 N–H and O–H groups in total. The topological polar surface area (TPSA) is 52.6 Å². The van der Waals surface area contributed by atoms with Gasteiger partial charge in [-0.1, -0.05) is 12.8 Å². The SMILES string of the molecule is COC(=O)CCCCCCc1ccc(CCCCC(=O)OC)s1. The van der Waals surface area contributed by atoms with Crippen molar-refractivity contribution in [3.8, 4) is 0 Å². The normalized spacial score (nSPS) is 10.5. The zero-order chi connectivity index (χ0) is 16.9. The molecule has 0 atom stereocenters. The van der Waals surface area contributed by atoms with E-state index >= 15 is 0 Å². The quantitative estimate of drug-likeness (QED) is 0.420. The van der Waals surface area contributed by atoms with Gasteiger partial charge in [-0.15, -0.1) is 11.3 Å². The number of esters is 2. The standard InChI is InChI=1S/C18H28O4S/c1-21-17(19)11-6-4-3-5-9-15-13-14-16(23-15)10-7-8-12-18(20)22-2/h13-14H,3-12H2,1-2H3. The molecule has 0 fully saturated rings. The molecule has 1 aromatic heterocycles. The van der Waals surface area contributed by atoms with Crippen LogP contribution in [0.15, 0.2) is 12.1 Å². The number of aryl methyl sites for hydroxylation is 2. The summed E-state index contributed by atoms with van der Waals surface area (Å²) in [5, 5.41) is 0. The zero-order valence-corrected chi connectivity index (χ0v) is 15.1. The van der Waals surface area contributed by atoms with E-state index in [1.54, 1.807) is 0 Å². The highest BCUT2D eigenvalue weighted by Gasteiger charge is 2.04. The van der Waals surface area contributed by atoms with Crippen molar-refractivity contribution >= 4 is 23.3 Å². The zero-order valence-electron chi connectivity index (χ0n) is 14.3. The van der Waals surface area contributed by atoms with Crippen LogP contribution in [-0.2, 0) is 31.9 Å². The molecule has 1 rings (SSSR count). The largest absolute Gasteiger partial charge is 0.469 e. The van der Waals surface area contributed by atoms with Gasteiger partial charge < -0.3 is 9.47 Å². The summed E-state index contributed by atoms with van der Waals surface area (Å²) in [6, 6.07) is 4.42. The molecule has 0 amide bonds. The number of hydrogen-bond acceptors (Lipinski definition) is 5. The molecule has 0 aliphatic carbocycles. The predicted octanol–water partition coefficient (Wildman–Crippen LogP) is 4.30. The molecule has 0 aliphatic rings. The van der Waals surface area contributed by atoms with Crippen molar-refractivity contribution in [2.24, 2.45) is 0 Å². The van der Waals surface area contributed by atoms with Crippen LogP contribution in [0.3, 0.4) is 0 Å². The van der Waals surface area contributed by atoms with Gasteiger partial charge in [0.1, 0.15) is 0 Å². The van der Waals surface area contributed by atoms with Crippen molar-refractivity contribution < 1.29 is 19.1 Å². The van der Waals surface area contributed by atoms with Gasteiger partial charge in [-0.3, -0.25) is 9.59 Å². The summed E-state index contributed by atoms with van der Waals surface area (Å²) in [7, 11) is 2.87. The summed E-state index contributed by atoms with van der Waals surface area (Å²) < 4.78 is 9.26. The number of hydrogen-bond donors (Lipinski definition) is 0. The van der Waals surface area contributed by atoms with Crippen LogP contribution < -0.4 is 0 Å². The van der Waals surface area contributed by atoms with E-state index in [4.69, 9.17) is 0 Å². The van der Waals surface area contributed by atoms with Crippen LogP contribution in [0.2, 0.25) is 0 Å². The summed E-state index contributed by atoms with van der Waals surface area (Å²) in [5.41, 5.74) is 0. The predicted molar refractivity (Wildman–Crippen MR) is 92.7 cm³/mol. The van der Waals surface area contributed by atoms with Gasteiger partial charge in [-0.05, 0) is 50.7 Å². The molecule has 0 aromatic carbocycles. The molecule has 0 saturated carbocycles. The fourth-order valence-electron chi connectivity index (χ4n) is 2.39. The smallest absolute Gasteiger partial charge is 0.305 e. The monoisotopic (exact) mass is 340 g/mol. The first-order valence-corrected chi connectivity index (χ1v) is 9.18. The number of carbonyl (C=O) groups excluding carboxylic acids is 2. The molecule has 0 aliphatic heterocycles. The van der Waals surface area contributed by atoms with Gasteiger partial charge in [0, 0.05) is 22.6 Å². The number of unbranched alkanes of at least 4 members (excludes halogenated alkanes) is 4. The number of methoxy groups -OCH3 is 2. The second-order valence-corrected chi connectivity index (χ2v) is 6.89. The Hall–Kier alpha value is -1.36. The maximum absolute atomic E-state index is 11.0. The van der Waals surface area contributed by atoms with E-state index in [-0.39, 0.29) is 11.9 Å². The molecule has 130 valence electrons. The lowest BCUT2D eigenvalue weighted by molar-refractivity contribution is -0.141. The molecule has 1 heterocycles. The first kappa shape index (κ1) is 19.7. The van der Waals surface area contributed by atoms with Crippen LogP contribution in [0.25, 0.3) is 0 Å². The van der Waals surface area contributed by atoms with Gasteiger partial charge >= 0.3 is 11.9 Å². The minimum Gasteiger partial charge on any atom is -0.469 e. The molecule has 0 radical (unpaired) electrons. The molecular weight excluding hydrogens is 312 g/mol. The second kappa shape index (κ2) is 12.1. The Labute approximate surface area is 143 Å². The lowest BCUT2D eigenvalue weighted by atomic mass is 10.1. The van der Waals surface area contributed by atoms with Crippen LogP contribution in [0, 0.1) is 0 Å². The third-order valence-electron chi connectivity index (χ3n) is 3.78. The fraction of sp³-hybridized carbons (Fsp3) is 0.667. The maximum Gasteiger partial charge on any atom is 0.305 e. The molecule has 0 saturated heterocycles. The fourth-order valence-corrected chi connectivity index (χ4v) is 3.49. The first-order valence-electron chi connectivity index (χ1n) is 8.37. The molecule has 1 aromatic rings. The molecule has 23 heavy (non-hydrogen) atoms. The van der Waals surface area contributed by atoms with Crippen molar-refractivity contribution in [1.29, 1.82) is 0 Å². The molecule has 5 heteroatoms. The Bertz CT molecular complexity index is 467. The number of rotatable bonds is 12. The van der Waals surface area contributed by atoms with E-state index in [1.165, 1.54) is 30.4 Å². The van der Waals surface area contributed by atoms with Gasteiger partial charge in [0.05, 0.1) is 14.2 Å². The number of thiophene rings is 1. The molecule has 0 unspecified atom stereocenters. The van der Waals surface area contributed by atoms with Gasteiger partial charge in [-0.2, -0.15) is 0 Å². The molecule has 0 spiro atoms. The third kappa shape index (κ3) is 9.39. The summed E-state index contributed by atoms with van der Waals surface area (Å²) >= 11 is 1.88. The van der Waals surface area contributed by atoms with Gasteiger partial charge in [0.2, 0.25) is 0 Å². The van der Waals surface area contributed by atoms with E-state index in [2.05, 4.69) is 21.6 Å². The highest BCUT2D eigenvalue weighted by molar-refractivity contribution is 7.11. The van der Waals surface area contributed by atoms with Crippen LogP contribution >= 0.6 is 11.3 Å². The summed E-state index contributed by atoms with van der Waals surface area (Å²) in [6.07, 6.45) is 9.45. The van der Waals surface area contributed by atoms with E-state index in [1.807, 2.05) is 11.3 Å². The Morgan fingerprint density at radius 3 is 1.74 bits per heavy atom. The van der Waals surface area contributed by atoms with E-state index in [0.29, 0.717) is 12.8 Å². The third-order valence-corrected chi connectivity index (χ3v) is 4.99. The van der Waals surface area contributed by atoms with Gasteiger partial charge in [0.15, 0.2) is 0 Å². The molecule has 4 nitrogen and oxygen atoms in total. The highest BCUT2D eigenvalue weighted by atomic mass is 32.1. The van der Waals surface area contributed by atoms with Crippen LogP contribution in [0.1, 0.15) is 61.1 Å². The Balaban J connectivity index is 2.07. The lowest BCUT2D eigenvalue weighted by Crippen LogP contribution is -1.99. The average Bonchev–Trinajstić information content (AvgIpc) is 3.01. The van der Waals surface area contributed by atoms with Gasteiger partial charge in [-0.25, -0.2) is 0 Å². The summed E-state index contributed by atoms with van der Waals surface area (Å²) in [5.74, 6) is -0.232. The first-order chi connectivity index (χ1) is 11.2. The second-order valence-electron chi connectivity index (χ2n) is 5.64. The molecule has 0 bridgehead atoms. The average molecular weight is 340 g/mol. The van der Waals surface area contributed by atoms with E-state index in [0.717, 1.165) is 44.9 Å². The summed E-state index contributed by atoms with van der Waals surface area (Å²) in [4.78, 5) is 24.8. The van der Waals surface area contributed by atoms with Crippen LogP contribution in [-0.4, -0.2) is 26.2 Å². The minimum atomic E-state index is -0.121.